The summed E-state index contributed by atoms with van der Waals surface area (Å²) in [5.74, 6) is 0. The molecule has 0 unspecified atom stereocenters. The Bertz CT molecular complexity index is 186. The van der Waals surface area contributed by atoms with Crippen LogP contribution in [0.1, 0.15) is 5.56 Å². The highest BCUT2D eigenvalue weighted by molar-refractivity contribution is 5.20. The van der Waals surface area contributed by atoms with Crippen LogP contribution in [0.15, 0.2) is 30.3 Å². The van der Waals surface area contributed by atoms with Gasteiger partial charge in [0.1, 0.15) is 6.54 Å². The molecule has 0 amide bonds. The summed E-state index contributed by atoms with van der Waals surface area (Å²) in [6, 6.07) is 9.01. The smallest absolute Gasteiger partial charge is 0.112 e. The van der Waals surface area contributed by atoms with Gasteiger partial charge in [0.2, 0.25) is 0 Å². The Hall–Kier alpha value is -0.900. The summed E-state index contributed by atoms with van der Waals surface area (Å²) in [7, 11) is 0. The third kappa shape index (κ3) is 2.14. The van der Waals surface area contributed by atoms with Gasteiger partial charge in [-0.05, 0) is 5.56 Å². The normalized spacial score (nSPS) is 10.3. The van der Waals surface area contributed by atoms with Crippen LogP contribution in [0, 0.1) is 6.54 Å². The van der Waals surface area contributed by atoms with Gasteiger partial charge < -0.3 is 0 Å². The first kappa shape index (κ1) is 7.21. The van der Waals surface area contributed by atoms with Crippen LogP contribution in [-0.2, 0) is 0 Å². The van der Waals surface area contributed by atoms with Gasteiger partial charge in [-0.3, -0.25) is 10.4 Å². The van der Waals surface area contributed by atoms with E-state index in [9.17, 15) is 0 Å². The zero-order valence-corrected chi connectivity index (χ0v) is 5.31. The minimum absolute atomic E-state index is 0.0370. The fourth-order valence-electron chi connectivity index (χ4n) is 0.672. The lowest BCUT2D eigenvalue weighted by atomic mass is 10.2. The molecular weight excluding hydrogens is 130 g/mol. The van der Waals surface area contributed by atoms with Crippen molar-refractivity contribution in [1.82, 2.24) is 5.23 Å². The van der Waals surface area contributed by atoms with Crippen LogP contribution < -0.4 is 0 Å². The van der Waals surface area contributed by atoms with E-state index in [0.717, 1.165) is 5.56 Å². The first-order valence-corrected chi connectivity index (χ1v) is 2.86. The van der Waals surface area contributed by atoms with Gasteiger partial charge in [-0.15, -0.1) is 0 Å². The Morgan fingerprint density at radius 1 is 1.10 bits per heavy atom. The van der Waals surface area contributed by atoms with Crippen LogP contribution >= 0.6 is 0 Å². The lowest BCUT2D eigenvalue weighted by molar-refractivity contribution is -0.280. The maximum absolute atomic E-state index is 8.34. The van der Waals surface area contributed by atoms with Crippen molar-refractivity contribution in [2.75, 3.05) is 0 Å². The molecular formula is C7H8NO2. The molecule has 0 heterocycles. The van der Waals surface area contributed by atoms with Crippen LogP contribution in [-0.4, -0.2) is 15.6 Å². The number of nitrogens with zero attached hydrogens (tertiary/aromatic N) is 1. The molecule has 0 saturated heterocycles. The molecule has 0 aliphatic carbocycles. The Kier molecular flexibility index (Phi) is 2.39. The van der Waals surface area contributed by atoms with Crippen molar-refractivity contribution in [3.8, 4) is 0 Å². The topological polar surface area (TPSA) is 43.7 Å². The maximum atomic E-state index is 8.34. The molecule has 1 rings (SSSR count). The molecule has 1 aromatic carbocycles. The zero-order valence-electron chi connectivity index (χ0n) is 5.31. The Morgan fingerprint density at radius 3 is 2.20 bits per heavy atom. The summed E-state index contributed by atoms with van der Waals surface area (Å²) < 4.78 is 0. The number of benzene rings is 1. The van der Waals surface area contributed by atoms with Crippen LogP contribution in [0.5, 0.6) is 0 Å². The first-order valence-electron chi connectivity index (χ1n) is 2.86. The van der Waals surface area contributed by atoms with E-state index >= 15 is 0 Å². The van der Waals surface area contributed by atoms with Crippen molar-refractivity contribution in [1.29, 1.82) is 0 Å². The molecule has 1 aromatic rings. The van der Waals surface area contributed by atoms with Gasteiger partial charge in [-0.25, -0.2) is 0 Å². The fourth-order valence-corrected chi connectivity index (χ4v) is 0.672. The Labute approximate surface area is 59.1 Å². The Morgan fingerprint density at radius 2 is 1.70 bits per heavy atom. The second-order valence-electron chi connectivity index (χ2n) is 1.86. The second kappa shape index (κ2) is 3.31. The van der Waals surface area contributed by atoms with E-state index in [1.807, 2.05) is 18.2 Å². The summed E-state index contributed by atoms with van der Waals surface area (Å²) in [6.45, 7) is 1.19. The van der Waals surface area contributed by atoms with Gasteiger partial charge in [0.05, 0.1) is 0 Å². The summed E-state index contributed by atoms with van der Waals surface area (Å²) in [6.07, 6.45) is 0. The first-order chi connectivity index (χ1) is 4.79. The van der Waals surface area contributed by atoms with Crippen LogP contribution in [0.2, 0.25) is 0 Å². The highest BCUT2D eigenvalue weighted by atomic mass is 16.8. The fraction of sp³-hybridized carbons (Fsp3) is 0. The number of hydrogen-bond donors (Lipinski definition) is 2. The van der Waals surface area contributed by atoms with Crippen molar-refractivity contribution in [3.05, 3.63) is 42.4 Å². The SMILES string of the molecule is ON(O)[CH]c1ccccc1. The maximum Gasteiger partial charge on any atom is 0.112 e. The predicted octanol–water partition coefficient (Wildman–Crippen LogP) is 1.28. The van der Waals surface area contributed by atoms with Gasteiger partial charge in [-0.1, -0.05) is 35.6 Å². The number of rotatable bonds is 2. The van der Waals surface area contributed by atoms with E-state index < -0.39 is 0 Å². The molecule has 0 atom stereocenters. The third-order valence-corrected chi connectivity index (χ3v) is 1.06. The van der Waals surface area contributed by atoms with Gasteiger partial charge in [-0.2, -0.15) is 0 Å². The van der Waals surface area contributed by atoms with Crippen LogP contribution in [0.25, 0.3) is 0 Å². The highest BCUT2D eigenvalue weighted by Gasteiger charge is 1.95. The average Bonchev–Trinajstić information content (AvgIpc) is 1.88. The molecule has 0 bridgehead atoms. The van der Waals surface area contributed by atoms with Crippen molar-refractivity contribution < 1.29 is 10.4 Å². The third-order valence-electron chi connectivity index (χ3n) is 1.06. The van der Waals surface area contributed by atoms with E-state index in [1.165, 1.54) is 6.54 Å². The molecule has 0 fully saturated rings. The van der Waals surface area contributed by atoms with Gasteiger partial charge in [0, 0.05) is 0 Å². The molecule has 0 aromatic heterocycles. The van der Waals surface area contributed by atoms with Crippen molar-refractivity contribution in [2.24, 2.45) is 0 Å². The molecule has 10 heavy (non-hydrogen) atoms. The zero-order chi connectivity index (χ0) is 7.40. The lowest BCUT2D eigenvalue weighted by Gasteiger charge is -2.03. The Balaban J connectivity index is 2.59. The summed E-state index contributed by atoms with van der Waals surface area (Å²) in [5.41, 5.74) is 0.743. The highest BCUT2D eigenvalue weighted by Crippen LogP contribution is 2.01. The minimum atomic E-state index is 0.0370. The minimum Gasteiger partial charge on any atom is -0.289 e. The van der Waals surface area contributed by atoms with Crippen molar-refractivity contribution >= 4 is 0 Å². The molecule has 3 heteroatoms. The molecule has 1 radical (unpaired) electrons. The summed E-state index contributed by atoms with van der Waals surface area (Å²) >= 11 is 0. The van der Waals surface area contributed by atoms with Crippen LogP contribution in [0.3, 0.4) is 0 Å². The lowest BCUT2D eigenvalue weighted by Crippen LogP contribution is -2.09. The van der Waals surface area contributed by atoms with E-state index in [4.69, 9.17) is 10.4 Å². The molecule has 2 N–H and O–H groups in total. The summed E-state index contributed by atoms with van der Waals surface area (Å²) in [4.78, 5) is 0. The largest absolute Gasteiger partial charge is 0.289 e. The number of hydroxylamine groups is 2. The molecule has 0 spiro atoms. The average molecular weight is 138 g/mol. The van der Waals surface area contributed by atoms with E-state index in [2.05, 4.69) is 0 Å². The van der Waals surface area contributed by atoms with E-state index in [0.29, 0.717) is 0 Å². The van der Waals surface area contributed by atoms with Gasteiger partial charge >= 0.3 is 0 Å². The second-order valence-corrected chi connectivity index (χ2v) is 1.86. The quantitative estimate of drug-likeness (QED) is 0.605. The molecule has 0 aliphatic rings. The van der Waals surface area contributed by atoms with Crippen molar-refractivity contribution in [3.63, 3.8) is 0 Å². The van der Waals surface area contributed by atoms with Crippen molar-refractivity contribution in [2.45, 2.75) is 0 Å². The molecule has 0 saturated carbocycles. The number of hydrogen-bond acceptors (Lipinski definition) is 3. The monoisotopic (exact) mass is 138 g/mol. The molecule has 53 valence electrons. The van der Waals surface area contributed by atoms with Gasteiger partial charge in [0.25, 0.3) is 0 Å². The van der Waals surface area contributed by atoms with Crippen LogP contribution in [0.4, 0.5) is 0 Å². The molecule has 3 nitrogen and oxygen atoms in total. The standard InChI is InChI=1S/C7H8NO2/c9-8(10)6-7-4-2-1-3-5-7/h1-6,9-10H. The van der Waals surface area contributed by atoms with E-state index in [-0.39, 0.29) is 5.23 Å². The van der Waals surface area contributed by atoms with Gasteiger partial charge in [0.15, 0.2) is 0 Å². The molecule has 0 aliphatic heterocycles. The van der Waals surface area contributed by atoms with E-state index in [1.54, 1.807) is 12.1 Å². The summed E-state index contributed by atoms with van der Waals surface area (Å²) in [5, 5.41) is 16.7. The predicted molar refractivity (Wildman–Crippen MR) is 35.3 cm³/mol.